The molecule has 0 aliphatic rings. The molecule has 0 saturated heterocycles. The zero-order valence-corrected chi connectivity index (χ0v) is 14.2. The van der Waals surface area contributed by atoms with Crippen LogP contribution in [0, 0.1) is 0 Å². The summed E-state index contributed by atoms with van der Waals surface area (Å²) in [5.41, 5.74) is 2.20. The normalized spacial score (nSPS) is 13.4. The molecule has 2 heteroatoms. The minimum atomic E-state index is -0.103. The summed E-state index contributed by atoms with van der Waals surface area (Å²) in [4.78, 5) is 12.7. The van der Waals surface area contributed by atoms with Crippen molar-refractivity contribution in [3.05, 3.63) is 83.9 Å². The van der Waals surface area contributed by atoms with Crippen molar-refractivity contribution in [1.82, 2.24) is 5.32 Å². The molecule has 0 aliphatic carbocycles. The van der Waals surface area contributed by atoms with E-state index in [0.717, 1.165) is 17.5 Å². The fraction of sp³-hybridized carbons (Fsp3) is 0.227. The maximum atomic E-state index is 12.7. The van der Waals surface area contributed by atoms with E-state index < -0.39 is 0 Å². The van der Waals surface area contributed by atoms with Crippen molar-refractivity contribution in [2.75, 3.05) is 0 Å². The molecule has 0 unspecified atom stereocenters. The summed E-state index contributed by atoms with van der Waals surface area (Å²) in [6.45, 7) is 4.09. The first-order chi connectivity index (χ1) is 11.7. The Hall–Kier alpha value is -2.61. The lowest BCUT2D eigenvalue weighted by atomic mass is 9.95. The van der Waals surface area contributed by atoms with Gasteiger partial charge in [-0.3, -0.25) is 4.79 Å². The number of carbonyl (C=O) groups excluding carboxylic acids is 1. The van der Waals surface area contributed by atoms with Crippen LogP contribution in [0.1, 0.15) is 43.4 Å². The standard InChI is InChI=1S/C22H23NO/c1-3-21(18-10-5-4-6-11-18)22(24)23-16(2)19-14-13-17-9-7-8-12-20(17)15-19/h4-16,21H,3H2,1-2H3,(H,23,24)/t16-,21-/m1/s1. The summed E-state index contributed by atoms with van der Waals surface area (Å²) in [7, 11) is 0. The first-order valence-electron chi connectivity index (χ1n) is 8.53. The average Bonchev–Trinajstić information content (AvgIpc) is 2.62. The first kappa shape index (κ1) is 16.3. The van der Waals surface area contributed by atoms with Gasteiger partial charge in [0.05, 0.1) is 12.0 Å². The molecule has 3 aromatic carbocycles. The Morgan fingerprint density at radius 2 is 1.54 bits per heavy atom. The smallest absolute Gasteiger partial charge is 0.228 e. The highest BCUT2D eigenvalue weighted by atomic mass is 16.1. The molecular formula is C22H23NO. The van der Waals surface area contributed by atoms with Gasteiger partial charge in [-0.05, 0) is 41.3 Å². The molecule has 0 bridgehead atoms. The summed E-state index contributed by atoms with van der Waals surface area (Å²) in [6, 6.07) is 24.6. The fourth-order valence-corrected chi connectivity index (χ4v) is 3.13. The van der Waals surface area contributed by atoms with Gasteiger partial charge in [0, 0.05) is 0 Å². The zero-order valence-electron chi connectivity index (χ0n) is 14.2. The van der Waals surface area contributed by atoms with Crippen LogP contribution in [0.3, 0.4) is 0 Å². The average molecular weight is 317 g/mol. The monoisotopic (exact) mass is 317 g/mol. The van der Waals surface area contributed by atoms with Crippen molar-refractivity contribution < 1.29 is 4.79 Å². The second-order valence-corrected chi connectivity index (χ2v) is 6.21. The lowest BCUT2D eigenvalue weighted by molar-refractivity contribution is -0.123. The third-order valence-electron chi connectivity index (χ3n) is 4.56. The molecule has 0 aromatic heterocycles. The highest BCUT2D eigenvalue weighted by Crippen LogP contribution is 2.23. The molecule has 0 fully saturated rings. The van der Waals surface area contributed by atoms with Gasteiger partial charge in [-0.25, -0.2) is 0 Å². The topological polar surface area (TPSA) is 29.1 Å². The Bertz CT molecular complexity index is 826. The van der Waals surface area contributed by atoms with E-state index in [-0.39, 0.29) is 17.9 Å². The maximum absolute atomic E-state index is 12.7. The van der Waals surface area contributed by atoms with Crippen molar-refractivity contribution in [3.8, 4) is 0 Å². The molecule has 3 rings (SSSR count). The largest absolute Gasteiger partial charge is 0.349 e. The lowest BCUT2D eigenvalue weighted by Gasteiger charge is -2.20. The van der Waals surface area contributed by atoms with Gasteiger partial charge in [0.2, 0.25) is 5.91 Å². The molecule has 1 N–H and O–H groups in total. The summed E-state index contributed by atoms with van der Waals surface area (Å²) in [5, 5.41) is 5.59. The molecule has 0 spiro atoms. The number of hydrogen-bond donors (Lipinski definition) is 1. The molecule has 0 radical (unpaired) electrons. The van der Waals surface area contributed by atoms with Crippen LogP contribution in [0.25, 0.3) is 10.8 Å². The molecule has 3 aromatic rings. The van der Waals surface area contributed by atoms with E-state index in [9.17, 15) is 4.79 Å². The Balaban J connectivity index is 1.77. The molecule has 2 atom stereocenters. The fourth-order valence-electron chi connectivity index (χ4n) is 3.13. The lowest BCUT2D eigenvalue weighted by Crippen LogP contribution is -2.31. The van der Waals surface area contributed by atoms with E-state index in [2.05, 4.69) is 42.6 Å². The highest BCUT2D eigenvalue weighted by molar-refractivity contribution is 5.85. The summed E-state index contributed by atoms with van der Waals surface area (Å²) in [6.07, 6.45) is 0.792. The van der Waals surface area contributed by atoms with Crippen LogP contribution in [0.15, 0.2) is 72.8 Å². The minimum Gasteiger partial charge on any atom is -0.349 e. The van der Waals surface area contributed by atoms with Gasteiger partial charge >= 0.3 is 0 Å². The van der Waals surface area contributed by atoms with Crippen LogP contribution in [0.5, 0.6) is 0 Å². The Labute approximate surface area is 143 Å². The quantitative estimate of drug-likeness (QED) is 0.687. The molecule has 122 valence electrons. The molecular weight excluding hydrogens is 294 g/mol. The van der Waals surface area contributed by atoms with Crippen LogP contribution < -0.4 is 5.32 Å². The van der Waals surface area contributed by atoms with E-state index in [1.165, 1.54) is 10.8 Å². The van der Waals surface area contributed by atoms with Crippen LogP contribution in [0.4, 0.5) is 0 Å². The molecule has 0 heterocycles. The SMILES string of the molecule is CC[C@@H](C(=O)N[C@H](C)c1ccc2ccccc2c1)c1ccccc1. The zero-order chi connectivity index (χ0) is 16.9. The van der Waals surface area contributed by atoms with E-state index in [1.807, 2.05) is 49.4 Å². The number of carbonyl (C=O) groups is 1. The van der Waals surface area contributed by atoms with Gasteiger partial charge in [-0.2, -0.15) is 0 Å². The Morgan fingerprint density at radius 3 is 2.25 bits per heavy atom. The number of benzene rings is 3. The maximum Gasteiger partial charge on any atom is 0.228 e. The van der Waals surface area contributed by atoms with E-state index >= 15 is 0 Å². The molecule has 0 aliphatic heterocycles. The molecule has 24 heavy (non-hydrogen) atoms. The summed E-state index contributed by atoms with van der Waals surface area (Å²) in [5.74, 6) is -0.0153. The van der Waals surface area contributed by atoms with Crippen molar-refractivity contribution in [3.63, 3.8) is 0 Å². The van der Waals surface area contributed by atoms with Gasteiger partial charge in [0.1, 0.15) is 0 Å². The van der Waals surface area contributed by atoms with Gasteiger partial charge in [0.15, 0.2) is 0 Å². The van der Waals surface area contributed by atoms with Gasteiger partial charge in [-0.1, -0.05) is 73.7 Å². The first-order valence-corrected chi connectivity index (χ1v) is 8.53. The van der Waals surface area contributed by atoms with E-state index in [4.69, 9.17) is 0 Å². The second kappa shape index (κ2) is 7.31. The van der Waals surface area contributed by atoms with E-state index in [0.29, 0.717) is 0 Å². The molecule has 0 saturated carbocycles. The third-order valence-corrected chi connectivity index (χ3v) is 4.56. The third kappa shape index (κ3) is 3.48. The number of hydrogen-bond acceptors (Lipinski definition) is 1. The van der Waals surface area contributed by atoms with Crippen molar-refractivity contribution >= 4 is 16.7 Å². The highest BCUT2D eigenvalue weighted by Gasteiger charge is 2.20. The van der Waals surface area contributed by atoms with Gasteiger partial charge in [-0.15, -0.1) is 0 Å². The van der Waals surface area contributed by atoms with Crippen molar-refractivity contribution in [1.29, 1.82) is 0 Å². The van der Waals surface area contributed by atoms with Crippen LogP contribution in [-0.4, -0.2) is 5.91 Å². The van der Waals surface area contributed by atoms with Gasteiger partial charge < -0.3 is 5.32 Å². The van der Waals surface area contributed by atoms with Gasteiger partial charge in [0.25, 0.3) is 0 Å². The van der Waals surface area contributed by atoms with E-state index in [1.54, 1.807) is 0 Å². The molecule has 2 nitrogen and oxygen atoms in total. The van der Waals surface area contributed by atoms with Crippen LogP contribution in [0.2, 0.25) is 0 Å². The predicted molar refractivity (Wildman–Crippen MR) is 100.0 cm³/mol. The Kier molecular flexibility index (Phi) is 4.95. The molecule has 1 amide bonds. The van der Waals surface area contributed by atoms with Crippen molar-refractivity contribution in [2.45, 2.75) is 32.2 Å². The second-order valence-electron chi connectivity index (χ2n) is 6.21. The number of amides is 1. The predicted octanol–water partition coefficient (Wildman–Crippen LogP) is 5.21. The Morgan fingerprint density at radius 1 is 0.875 bits per heavy atom. The minimum absolute atomic E-state index is 0.0140. The number of fused-ring (bicyclic) bond motifs is 1. The van der Waals surface area contributed by atoms with Crippen LogP contribution in [-0.2, 0) is 4.79 Å². The summed E-state index contributed by atoms with van der Waals surface area (Å²) >= 11 is 0. The summed E-state index contributed by atoms with van der Waals surface area (Å²) < 4.78 is 0. The van der Waals surface area contributed by atoms with Crippen molar-refractivity contribution in [2.24, 2.45) is 0 Å². The number of rotatable bonds is 5. The number of nitrogens with one attached hydrogen (secondary N) is 1. The van der Waals surface area contributed by atoms with Crippen LogP contribution >= 0.6 is 0 Å².